The molecule has 0 N–H and O–H groups in total. The number of carbonyl (C=O) groups excluding carboxylic acids is 1. The molecule has 0 radical (unpaired) electrons. The monoisotopic (exact) mass is 202 g/mol. The normalized spacial score (nSPS) is 9.33. The molecule has 15 heavy (non-hydrogen) atoms. The summed E-state index contributed by atoms with van der Waals surface area (Å²) >= 11 is 0. The van der Waals surface area contributed by atoms with Crippen LogP contribution in [0.25, 0.3) is 0 Å². The lowest BCUT2D eigenvalue weighted by Crippen LogP contribution is -2.05. The summed E-state index contributed by atoms with van der Waals surface area (Å²) < 4.78 is 5.41. The zero-order chi connectivity index (χ0) is 11.1. The lowest BCUT2D eigenvalue weighted by molar-refractivity contribution is -0.118. The Morgan fingerprint density at radius 1 is 1.53 bits per heavy atom. The molecule has 1 aromatic rings. The minimum Gasteiger partial charge on any atom is -0.493 e. The van der Waals surface area contributed by atoms with Gasteiger partial charge in [-0.05, 0) is 24.6 Å². The zero-order valence-corrected chi connectivity index (χ0v) is 8.82. The van der Waals surface area contributed by atoms with Gasteiger partial charge < -0.3 is 4.74 Å². The van der Waals surface area contributed by atoms with Crippen LogP contribution in [0, 0.1) is 19.3 Å². The molecule has 78 valence electrons. The molecule has 1 rings (SSSR count). The second-order valence-electron chi connectivity index (χ2n) is 3.33. The van der Waals surface area contributed by atoms with Crippen LogP contribution in [0.4, 0.5) is 0 Å². The lowest BCUT2D eigenvalue weighted by atomic mass is 10.2. The summed E-state index contributed by atoms with van der Waals surface area (Å²) in [6, 6.07) is 7.73. The average Bonchev–Trinajstić information content (AvgIpc) is 2.18. The first-order chi connectivity index (χ1) is 7.22. The molecule has 0 aliphatic carbocycles. The maximum atomic E-state index is 11.1. The molecule has 1 aromatic carbocycles. The first kappa shape index (κ1) is 11.3. The molecular formula is C13H14O2. The van der Waals surface area contributed by atoms with Crippen LogP contribution in [0.1, 0.15) is 18.4 Å². The third-order valence-electron chi connectivity index (χ3n) is 1.94. The van der Waals surface area contributed by atoms with Crippen molar-refractivity contribution < 1.29 is 9.53 Å². The van der Waals surface area contributed by atoms with E-state index in [0.717, 1.165) is 11.3 Å². The van der Waals surface area contributed by atoms with E-state index in [1.807, 2.05) is 31.2 Å². The first-order valence-electron chi connectivity index (χ1n) is 4.87. The average molecular weight is 202 g/mol. The van der Waals surface area contributed by atoms with Crippen LogP contribution in [0.2, 0.25) is 0 Å². The van der Waals surface area contributed by atoms with Crippen molar-refractivity contribution in [3.05, 3.63) is 29.8 Å². The Morgan fingerprint density at radius 2 is 2.33 bits per heavy atom. The van der Waals surface area contributed by atoms with Gasteiger partial charge in [0, 0.05) is 6.42 Å². The second-order valence-corrected chi connectivity index (χ2v) is 3.33. The van der Waals surface area contributed by atoms with Crippen molar-refractivity contribution in [2.75, 3.05) is 6.61 Å². The number of ether oxygens (including phenoxy) is 1. The SMILES string of the molecule is C#CCC(=O)CCOc1cccc(C)c1. The van der Waals surface area contributed by atoms with Gasteiger partial charge in [-0.1, -0.05) is 18.1 Å². The van der Waals surface area contributed by atoms with Crippen molar-refractivity contribution in [1.82, 2.24) is 0 Å². The van der Waals surface area contributed by atoms with Crippen molar-refractivity contribution >= 4 is 5.78 Å². The van der Waals surface area contributed by atoms with Crippen LogP contribution >= 0.6 is 0 Å². The van der Waals surface area contributed by atoms with Gasteiger partial charge in [0.05, 0.1) is 13.0 Å². The van der Waals surface area contributed by atoms with Crippen LogP contribution < -0.4 is 4.74 Å². The minimum atomic E-state index is 0.0464. The Balaban J connectivity index is 2.32. The summed E-state index contributed by atoms with van der Waals surface area (Å²) in [5, 5.41) is 0. The number of ketones is 1. The number of terminal acetylenes is 1. The van der Waals surface area contributed by atoms with Crippen molar-refractivity contribution in [1.29, 1.82) is 0 Å². The molecule has 0 spiro atoms. The maximum Gasteiger partial charge on any atom is 0.148 e. The highest BCUT2D eigenvalue weighted by Crippen LogP contribution is 2.12. The number of rotatable bonds is 5. The van der Waals surface area contributed by atoms with E-state index in [2.05, 4.69) is 5.92 Å². The largest absolute Gasteiger partial charge is 0.493 e. The van der Waals surface area contributed by atoms with Gasteiger partial charge in [-0.25, -0.2) is 0 Å². The number of benzene rings is 1. The Kier molecular flexibility index (Phi) is 4.43. The highest BCUT2D eigenvalue weighted by molar-refractivity contribution is 5.80. The molecular weight excluding hydrogens is 188 g/mol. The number of carbonyl (C=O) groups is 1. The molecule has 0 unspecified atom stereocenters. The van der Waals surface area contributed by atoms with Gasteiger partial charge in [-0.2, -0.15) is 0 Å². The standard InChI is InChI=1S/C13H14O2/c1-3-5-12(14)8-9-15-13-7-4-6-11(2)10-13/h1,4,6-7,10H,5,8-9H2,2H3. The van der Waals surface area contributed by atoms with Crippen LogP contribution in [0.3, 0.4) is 0 Å². The molecule has 2 heteroatoms. The smallest absolute Gasteiger partial charge is 0.148 e. The lowest BCUT2D eigenvalue weighted by Gasteiger charge is -2.05. The third kappa shape index (κ3) is 4.33. The summed E-state index contributed by atoms with van der Waals surface area (Å²) in [5.41, 5.74) is 1.14. The number of hydrogen-bond acceptors (Lipinski definition) is 2. The molecule has 0 amide bonds. The van der Waals surface area contributed by atoms with Crippen molar-refractivity contribution in [3.8, 4) is 18.1 Å². The molecule has 0 bridgehead atoms. The van der Waals surface area contributed by atoms with E-state index in [1.54, 1.807) is 0 Å². The molecule has 0 aliphatic rings. The highest BCUT2D eigenvalue weighted by Gasteiger charge is 2.00. The van der Waals surface area contributed by atoms with E-state index in [4.69, 9.17) is 11.2 Å². The summed E-state index contributed by atoms with van der Waals surface area (Å²) in [6.07, 6.45) is 5.59. The molecule has 0 atom stereocenters. The highest BCUT2D eigenvalue weighted by atomic mass is 16.5. The molecule has 0 fully saturated rings. The number of aryl methyl sites for hydroxylation is 1. The predicted octanol–water partition coefficient (Wildman–Crippen LogP) is 2.36. The molecule has 0 saturated carbocycles. The van der Waals surface area contributed by atoms with Gasteiger partial charge in [0.25, 0.3) is 0 Å². The summed E-state index contributed by atoms with van der Waals surface area (Å²) in [4.78, 5) is 11.1. The number of Topliss-reactive ketones (excluding diaryl/α,β-unsaturated/α-hetero) is 1. The molecule has 0 aromatic heterocycles. The molecule has 0 aliphatic heterocycles. The summed E-state index contributed by atoms with van der Waals surface area (Å²) in [5.74, 6) is 3.16. The fraction of sp³-hybridized carbons (Fsp3) is 0.308. The van der Waals surface area contributed by atoms with Crippen LogP contribution in [0.5, 0.6) is 5.75 Å². The minimum absolute atomic E-state index is 0.0464. The summed E-state index contributed by atoms with van der Waals surface area (Å²) in [7, 11) is 0. The topological polar surface area (TPSA) is 26.3 Å². The molecule has 0 heterocycles. The van der Waals surface area contributed by atoms with Crippen LogP contribution in [-0.2, 0) is 4.79 Å². The fourth-order valence-corrected chi connectivity index (χ4v) is 1.19. The van der Waals surface area contributed by atoms with Crippen molar-refractivity contribution in [3.63, 3.8) is 0 Å². The molecule has 2 nitrogen and oxygen atoms in total. The van der Waals surface area contributed by atoms with Gasteiger partial charge in [-0.3, -0.25) is 4.79 Å². The zero-order valence-electron chi connectivity index (χ0n) is 8.82. The second kappa shape index (κ2) is 5.87. The van der Waals surface area contributed by atoms with E-state index < -0.39 is 0 Å². The van der Waals surface area contributed by atoms with Crippen molar-refractivity contribution in [2.24, 2.45) is 0 Å². The third-order valence-corrected chi connectivity index (χ3v) is 1.94. The van der Waals surface area contributed by atoms with E-state index in [-0.39, 0.29) is 12.2 Å². The predicted molar refractivity (Wildman–Crippen MR) is 59.7 cm³/mol. The van der Waals surface area contributed by atoms with Gasteiger partial charge >= 0.3 is 0 Å². The van der Waals surface area contributed by atoms with Crippen molar-refractivity contribution in [2.45, 2.75) is 19.8 Å². The Labute approximate surface area is 90.3 Å². The number of hydrogen-bond donors (Lipinski definition) is 0. The van der Waals surface area contributed by atoms with E-state index >= 15 is 0 Å². The maximum absolute atomic E-state index is 11.1. The Hall–Kier alpha value is -1.75. The van der Waals surface area contributed by atoms with Gasteiger partial charge in [0.1, 0.15) is 11.5 Å². The van der Waals surface area contributed by atoms with E-state index in [1.165, 1.54) is 0 Å². The molecule has 0 saturated heterocycles. The fourth-order valence-electron chi connectivity index (χ4n) is 1.19. The first-order valence-corrected chi connectivity index (χ1v) is 4.87. The quantitative estimate of drug-likeness (QED) is 0.685. The van der Waals surface area contributed by atoms with Crippen LogP contribution in [-0.4, -0.2) is 12.4 Å². The summed E-state index contributed by atoms with van der Waals surface area (Å²) in [6.45, 7) is 2.39. The Morgan fingerprint density at radius 3 is 3.00 bits per heavy atom. The van der Waals surface area contributed by atoms with Gasteiger partial charge in [-0.15, -0.1) is 6.42 Å². The van der Waals surface area contributed by atoms with Gasteiger partial charge in [0.2, 0.25) is 0 Å². The van der Waals surface area contributed by atoms with E-state index in [9.17, 15) is 4.79 Å². The van der Waals surface area contributed by atoms with Gasteiger partial charge in [0.15, 0.2) is 0 Å². The van der Waals surface area contributed by atoms with E-state index in [0.29, 0.717) is 13.0 Å². The van der Waals surface area contributed by atoms with Crippen LogP contribution in [0.15, 0.2) is 24.3 Å². The Bertz CT molecular complexity index is 374.